The van der Waals surface area contributed by atoms with E-state index in [2.05, 4.69) is 10.0 Å². The summed E-state index contributed by atoms with van der Waals surface area (Å²) in [6, 6.07) is 2.03. The molecule has 0 fully saturated rings. The van der Waals surface area contributed by atoms with Crippen molar-refractivity contribution in [1.82, 2.24) is 10.0 Å². The zero-order valence-corrected chi connectivity index (χ0v) is 9.67. The van der Waals surface area contributed by atoms with Crippen LogP contribution in [-0.2, 0) is 10.0 Å². The van der Waals surface area contributed by atoms with Gasteiger partial charge in [-0.25, -0.2) is 13.1 Å². The second kappa shape index (κ2) is 5.29. The first kappa shape index (κ1) is 12.2. The summed E-state index contributed by atoms with van der Waals surface area (Å²) in [4.78, 5) is 0. The second-order valence-corrected chi connectivity index (χ2v) is 5.23. The minimum Gasteiger partial charge on any atom is -0.472 e. The Morgan fingerprint density at radius 2 is 2.20 bits per heavy atom. The molecule has 1 aromatic heterocycles. The highest BCUT2D eigenvalue weighted by atomic mass is 32.2. The Bertz CT molecular complexity index is 372. The molecule has 1 heterocycles. The third kappa shape index (κ3) is 4.96. The van der Waals surface area contributed by atoms with Gasteiger partial charge < -0.3 is 9.73 Å². The summed E-state index contributed by atoms with van der Waals surface area (Å²) in [6.07, 6.45) is 4.43. The van der Waals surface area contributed by atoms with Gasteiger partial charge in [-0.05, 0) is 13.0 Å². The molecule has 0 aromatic carbocycles. The van der Waals surface area contributed by atoms with Gasteiger partial charge in [0.1, 0.15) is 0 Å². The summed E-state index contributed by atoms with van der Waals surface area (Å²) in [5, 5.41) is 3.17. The quantitative estimate of drug-likeness (QED) is 0.700. The molecule has 2 N–H and O–H groups in total. The van der Waals surface area contributed by atoms with E-state index in [9.17, 15) is 8.42 Å². The van der Waals surface area contributed by atoms with Crippen LogP contribution in [0.1, 0.15) is 18.5 Å². The Hall–Kier alpha value is -0.850. The van der Waals surface area contributed by atoms with Crippen molar-refractivity contribution < 1.29 is 12.8 Å². The smallest absolute Gasteiger partial charge is 0.208 e. The van der Waals surface area contributed by atoms with Crippen molar-refractivity contribution in [1.29, 1.82) is 0 Å². The largest absolute Gasteiger partial charge is 0.472 e. The maximum Gasteiger partial charge on any atom is 0.208 e. The fourth-order valence-corrected chi connectivity index (χ4v) is 1.64. The average Bonchev–Trinajstić information content (AvgIpc) is 2.63. The minimum atomic E-state index is -3.08. The summed E-state index contributed by atoms with van der Waals surface area (Å²) < 4.78 is 28.9. The predicted octanol–water partition coefficient (Wildman–Crippen LogP) is 0.479. The molecule has 6 heteroatoms. The standard InChI is InChI=1S/C9H16N2O3S/c1-8(9-3-6-14-7-9)10-4-5-11-15(2,12)13/h3,6-8,10-11H,4-5H2,1-2H3. The molecule has 0 aliphatic rings. The van der Waals surface area contributed by atoms with E-state index in [1.54, 1.807) is 12.5 Å². The van der Waals surface area contributed by atoms with Gasteiger partial charge in [-0.15, -0.1) is 0 Å². The number of nitrogens with one attached hydrogen (secondary N) is 2. The number of sulfonamides is 1. The average molecular weight is 232 g/mol. The molecule has 0 aliphatic heterocycles. The van der Waals surface area contributed by atoms with Gasteiger partial charge in [0.2, 0.25) is 10.0 Å². The Balaban J connectivity index is 2.21. The molecule has 0 saturated heterocycles. The summed E-state index contributed by atoms with van der Waals surface area (Å²) in [7, 11) is -3.08. The van der Waals surface area contributed by atoms with E-state index < -0.39 is 10.0 Å². The first-order valence-corrected chi connectivity index (χ1v) is 6.58. The molecular weight excluding hydrogens is 216 g/mol. The van der Waals surface area contributed by atoms with Crippen molar-refractivity contribution in [2.45, 2.75) is 13.0 Å². The molecule has 86 valence electrons. The van der Waals surface area contributed by atoms with Crippen LogP contribution < -0.4 is 10.0 Å². The highest BCUT2D eigenvalue weighted by Crippen LogP contribution is 2.11. The van der Waals surface area contributed by atoms with Crippen LogP contribution in [0.4, 0.5) is 0 Å². The lowest BCUT2D eigenvalue weighted by Gasteiger charge is -2.11. The van der Waals surface area contributed by atoms with Crippen LogP contribution in [0.2, 0.25) is 0 Å². The first-order chi connectivity index (χ1) is 6.99. The number of hydrogen-bond acceptors (Lipinski definition) is 4. The van der Waals surface area contributed by atoms with Crippen LogP contribution in [0.15, 0.2) is 23.0 Å². The van der Waals surface area contributed by atoms with Crippen molar-refractivity contribution in [2.75, 3.05) is 19.3 Å². The molecule has 15 heavy (non-hydrogen) atoms. The Morgan fingerprint density at radius 1 is 1.47 bits per heavy atom. The molecule has 1 aromatic rings. The molecule has 1 rings (SSSR count). The van der Waals surface area contributed by atoms with E-state index in [4.69, 9.17) is 4.42 Å². The van der Waals surface area contributed by atoms with Crippen LogP contribution in [0.3, 0.4) is 0 Å². The van der Waals surface area contributed by atoms with Crippen molar-refractivity contribution in [3.8, 4) is 0 Å². The molecule has 1 atom stereocenters. The molecular formula is C9H16N2O3S. The normalized spacial score (nSPS) is 14.0. The third-order valence-electron chi connectivity index (χ3n) is 1.98. The molecule has 0 radical (unpaired) electrons. The van der Waals surface area contributed by atoms with Gasteiger partial charge in [0.15, 0.2) is 0 Å². The van der Waals surface area contributed by atoms with Crippen LogP contribution in [0.5, 0.6) is 0 Å². The van der Waals surface area contributed by atoms with Gasteiger partial charge in [0, 0.05) is 24.7 Å². The predicted molar refractivity (Wildman–Crippen MR) is 58.0 cm³/mol. The lowest BCUT2D eigenvalue weighted by molar-refractivity contribution is 0.535. The Labute approximate surface area is 89.9 Å². The van der Waals surface area contributed by atoms with Crippen LogP contribution >= 0.6 is 0 Å². The fraction of sp³-hybridized carbons (Fsp3) is 0.556. The van der Waals surface area contributed by atoms with Gasteiger partial charge in [-0.1, -0.05) is 0 Å². The van der Waals surface area contributed by atoms with Gasteiger partial charge in [-0.3, -0.25) is 0 Å². The third-order valence-corrected chi connectivity index (χ3v) is 2.71. The molecule has 0 aliphatic carbocycles. The molecule has 0 bridgehead atoms. The van der Waals surface area contributed by atoms with Crippen molar-refractivity contribution >= 4 is 10.0 Å². The van der Waals surface area contributed by atoms with E-state index >= 15 is 0 Å². The highest BCUT2D eigenvalue weighted by Gasteiger charge is 2.05. The van der Waals surface area contributed by atoms with Gasteiger partial charge in [-0.2, -0.15) is 0 Å². The topological polar surface area (TPSA) is 71.3 Å². The fourth-order valence-electron chi connectivity index (χ4n) is 1.16. The lowest BCUT2D eigenvalue weighted by atomic mass is 10.2. The second-order valence-electron chi connectivity index (χ2n) is 3.40. The highest BCUT2D eigenvalue weighted by molar-refractivity contribution is 7.88. The van der Waals surface area contributed by atoms with E-state index in [-0.39, 0.29) is 6.04 Å². The number of rotatable bonds is 6. The number of hydrogen-bond donors (Lipinski definition) is 2. The van der Waals surface area contributed by atoms with E-state index in [1.807, 2.05) is 13.0 Å². The summed E-state index contributed by atoms with van der Waals surface area (Å²) >= 11 is 0. The van der Waals surface area contributed by atoms with Crippen LogP contribution in [0.25, 0.3) is 0 Å². The molecule has 0 amide bonds. The van der Waals surface area contributed by atoms with Gasteiger partial charge >= 0.3 is 0 Å². The van der Waals surface area contributed by atoms with Crippen molar-refractivity contribution in [3.63, 3.8) is 0 Å². The van der Waals surface area contributed by atoms with E-state index in [0.29, 0.717) is 13.1 Å². The zero-order valence-electron chi connectivity index (χ0n) is 8.86. The zero-order chi connectivity index (χ0) is 11.3. The first-order valence-electron chi connectivity index (χ1n) is 4.69. The van der Waals surface area contributed by atoms with Gasteiger partial charge in [0.05, 0.1) is 18.8 Å². The maximum atomic E-state index is 10.8. The summed E-state index contributed by atoms with van der Waals surface area (Å²) in [6.45, 7) is 2.96. The van der Waals surface area contributed by atoms with Crippen LogP contribution in [-0.4, -0.2) is 27.8 Å². The molecule has 0 saturated carbocycles. The Morgan fingerprint density at radius 3 is 2.73 bits per heavy atom. The van der Waals surface area contributed by atoms with Gasteiger partial charge in [0.25, 0.3) is 0 Å². The molecule has 1 unspecified atom stereocenters. The summed E-state index contributed by atoms with van der Waals surface area (Å²) in [5.74, 6) is 0. The van der Waals surface area contributed by atoms with Crippen LogP contribution in [0, 0.1) is 0 Å². The molecule has 5 nitrogen and oxygen atoms in total. The molecule has 0 spiro atoms. The minimum absolute atomic E-state index is 0.158. The monoisotopic (exact) mass is 232 g/mol. The maximum absolute atomic E-state index is 10.8. The van der Waals surface area contributed by atoms with E-state index in [1.165, 1.54) is 0 Å². The van der Waals surface area contributed by atoms with E-state index in [0.717, 1.165) is 11.8 Å². The summed E-state index contributed by atoms with van der Waals surface area (Å²) in [5.41, 5.74) is 1.05. The lowest BCUT2D eigenvalue weighted by Crippen LogP contribution is -2.32. The van der Waals surface area contributed by atoms with Crippen molar-refractivity contribution in [3.05, 3.63) is 24.2 Å². The SMILES string of the molecule is CC(NCCNS(C)(=O)=O)c1ccoc1. The Kier molecular flexibility index (Phi) is 4.31. The number of furan rings is 1. The van der Waals surface area contributed by atoms with Crippen molar-refractivity contribution in [2.24, 2.45) is 0 Å².